The van der Waals surface area contributed by atoms with Gasteiger partial charge in [-0.1, -0.05) is 42.5 Å². The van der Waals surface area contributed by atoms with Crippen molar-refractivity contribution in [2.45, 2.75) is 13.0 Å². The zero-order valence-corrected chi connectivity index (χ0v) is 17.4. The maximum absolute atomic E-state index is 12.2. The van der Waals surface area contributed by atoms with E-state index in [1.165, 1.54) is 12.2 Å². The average Bonchev–Trinajstić information content (AvgIpc) is 3.24. The first-order valence-corrected chi connectivity index (χ1v) is 10.3. The van der Waals surface area contributed by atoms with Crippen LogP contribution in [-0.2, 0) is 16.2 Å². The van der Waals surface area contributed by atoms with Crippen molar-refractivity contribution in [1.29, 1.82) is 0 Å². The summed E-state index contributed by atoms with van der Waals surface area (Å²) in [5.74, 6) is 0.244. The number of pyridine rings is 1. The maximum Gasteiger partial charge on any atom is 0.163 e. The normalized spacial score (nSPS) is 11.4. The molecule has 0 atom stereocenters. The summed E-state index contributed by atoms with van der Waals surface area (Å²) in [5.41, 5.74) is 3.63. The highest BCUT2D eigenvalue weighted by atomic mass is 16.5. The zero-order valence-electron chi connectivity index (χ0n) is 17.4. The topological polar surface area (TPSA) is 72.0 Å². The van der Waals surface area contributed by atoms with E-state index in [9.17, 15) is 9.59 Å². The Hall–Kier alpha value is -4.25. The molecule has 5 heteroatoms. The SMILES string of the molecule is O=C(/C=C/c1ccc(OCc2ccccn2)cc1)CC(=O)/C=C/c1c[nH]c2ccccc12. The van der Waals surface area contributed by atoms with Crippen LogP contribution in [0.25, 0.3) is 23.1 Å². The quantitative estimate of drug-likeness (QED) is 0.290. The Morgan fingerprint density at radius 1 is 0.875 bits per heavy atom. The fourth-order valence-electron chi connectivity index (χ4n) is 3.21. The Kier molecular flexibility index (Phi) is 6.68. The molecule has 0 bridgehead atoms. The number of aromatic amines is 1. The number of aromatic nitrogens is 2. The van der Waals surface area contributed by atoms with Crippen molar-refractivity contribution in [2.24, 2.45) is 0 Å². The van der Waals surface area contributed by atoms with Gasteiger partial charge in [-0.3, -0.25) is 14.6 Å². The lowest BCUT2D eigenvalue weighted by atomic mass is 10.1. The van der Waals surface area contributed by atoms with Gasteiger partial charge in [0.1, 0.15) is 12.4 Å². The van der Waals surface area contributed by atoms with Crippen LogP contribution in [0.1, 0.15) is 23.2 Å². The molecular formula is C27H22N2O3. The molecule has 1 N–H and O–H groups in total. The minimum Gasteiger partial charge on any atom is -0.487 e. The largest absolute Gasteiger partial charge is 0.487 e. The number of ketones is 2. The van der Waals surface area contributed by atoms with E-state index in [2.05, 4.69) is 9.97 Å². The number of H-pyrrole nitrogens is 1. The van der Waals surface area contributed by atoms with Gasteiger partial charge in [0.2, 0.25) is 0 Å². The van der Waals surface area contributed by atoms with Crippen LogP contribution in [0.5, 0.6) is 5.75 Å². The molecule has 0 spiro atoms. The van der Waals surface area contributed by atoms with E-state index in [1.807, 2.05) is 72.9 Å². The highest BCUT2D eigenvalue weighted by molar-refractivity contribution is 6.11. The van der Waals surface area contributed by atoms with Crippen LogP contribution in [0.3, 0.4) is 0 Å². The second-order valence-corrected chi connectivity index (χ2v) is 7.24. The number of hydrogen-bond acceptors (Lipinski definition) is 4. The molecule has 0 saturated heterocycles. The minimum atomic E-state index is -0.242. The van der Waals surface area contributed by atoms with Crippen LogP contribution in [0.4, 0.5) is 0 Å². The third kappa shape index (κ3) is 5.67. The van der Waals surface area contributed by atoms with Gasteiger partial charge in [0.25, 0.3) is 0 Å². The van der Waals surface area contributed by atoms with E-state index in [1.54, 1.807) is 18.3 Å². The third-order valence-corrected chi connectivity index (χ3v) is 4.87. The van der Waals surface area contributed by atoms with Gasteiger partial charge in [-0.2, -0.15) is 0 Å². The summed E-state index contributed by atoms with van der Waals surface area (Å²) in [6.45, 7) is 0.392. The van der Waals surface area contributed by atoms with Gasteiger partial charge in [-0.25, -0.2) is 0 Å². The summed E-state index contributed by atoms with van der Waals surface area (Å²) in [6, 6.07) is 20.9. The van der Waals surface area contributed by atoms with Gasteiger partial charge in [0.05, 0.1) is 12.1 Å². The van der Waals surface area contributed by atoms with Gasteiger partial charge < -0.3 is 9.72 Å². The minimum absolute atomic E-state index is 0.166. The molecule has 2 aromatic heterocycles. The summed E-state index contributed by atoms with van der Waals surface area (Å²) in [6.07, 6.45) is 9.73. The Morgan fingerprint density at radius 3 is 2.41 bits per heavy atom. The lowest BCUT2D eigenvalue weighted by Gasteiger charge is -2.05. The Labute approximate surface area is 186 Å². The molecule has 32 heavy (non-hydrogen) atoms. The van der Waals surface area contributed by atoms with Crippen LogP contribution in [0, 0.1) is 0 Å². The average molecular weight is 422 g/mol. The van der Waals surface area contributed by atoms with Crippen molar-refractivity contribution >= 4 is 34.6 Å². The summed E-state index contributed by atoms with van der Waals surface area (Å²) < 4.78 is 5.70. The number of benzene rings is 2. The van der Waals surface area contributed by atoms with Crippen LogP contribution in [-0.4, -0.2) is 21.5 Å². The van der Waals surface area contributed by atoms with E-state index in [0.29, 0.717) is 6.61 Å². The zero-order chi connectivity index (χ0) is 22.2. The van der Waals surface area contributed by atoms with E-state index >= 15 is 0 Å². The molecule has 0 fully saturated rings. The summed E-state index contributed by atoms with van der Waals surface area (Å²) >= 11 is 0. The van der Waals surface area contributed by atoms with Gasteiger partial charge in [0, 0.05) is 23.3 Å². The Morgan fingerprint density at radius 2 is 1.62 bits per heavy atom. The van der Waals surface area contributed by atoms with E-state index in [-0.39, 0.29) is 18.0 Å². The van der Waals surface area contributed by atoms with Crippen molar-refractivity contribution in [3.63, 3.8) is 0 Å². The predicted octanol–water partition coefficient (Wildman–Crippen LogP) is 5.40. The molecular weight excluding hydrogens is 400 g/mol. The molecule has 4 aromatic rings. The van der Waals surface area contributed by atoms with Crippen molar-refractivity contribution in [2.75, 3.05) is 0 Å². The smallest absolute Gasteiger partial charge is 0.163 e. The first-order chi connectivity index (χ1) is 15.7. The number of carbonyl (C=O) groups excluding carboxylic acids is 2. The molecule has 2 aromatic carbocycles. The van der Waals surface area contributed by atoms with Gasteiger partial charge in [-0.15, -0.1) is 0 Å². The number of fused-ring (bicyclic) bond motifs is 1. The van der Waals surface area contributed by atoms with Gasteiger partial charge in [-0.05, 0) is 59.7 Å². The number of para-hydroxylation sites is 1. The molecule has 0 aliphatic carbocycles. The molecule has 0 aliphatic heterocycles. The fraction of sp³-hybridized carbons (Fsp3) is 0.0741. The van der Waals surface area contributed by atoms with Crippen molar-refractivity contribution in [3.05, 3.63) is 108 Å². The molecule has 158 valence electrons. The van der Waals surface area contributed by atoms with Crippen LogP contribution in [0.15, 0.2) is 91.3 Å². The molecule has 2 heterocycles. The molecule has 0 saturated carbocycles. The molecule has 0 aliphatic rings. The van der Waals surface area contributed by atoms with E-state index < -0.39 is 0 Å². The Bertz CT molecular complexity index is 1270. The van der Waals surface area contributed by atoms with Crippen molar-refractivity contribution in [3.8, 4) is 5.75 Å². The number of rotatable bonds is 9. The predicted molar refractivity (Wildman–Crippen MR) is 126 cm³/mol. The number of hydrogen-bond donors (Lipinski definition) is 1. The second-order valence-electron chi connectivity index (χ2n) is 7.24. The monoisotopic (exact) mass is 422 g/mol. The third-order valence-electron chi connectivity index (χ3n) is 4.87. The van der Waals surface area contributed by atoms with Crippen molar-refractivity contribution in [1.82, 2.24) is 9.97 Å². The molecule has 0 unspecified atom stereocenters. The maximum atomic E-state index is 12.2. The first-order valence-electron chi connectivity index (χ1n) is 10.3. The van der Waals surface area contributed by atoms with Crippen LogP contribution >= 0.6 is 0 Å². The Balaban J connectivity index is 1.27. The van der Waals surface area contributed by atoms with Crippen LogP contribution < -0.4 is 4.74 Å². The summed E-state index contributed by atoms with van der Waals surface area (Å²) in [5, 5.41) is 1.04. The van der Waals surface area contributed by atoms with E-state index in [4.69, 9.17) is 4.74 Å². The first kappa shape index (κ1) is 21.0. The summed E-state index contributed by atoms with van der Waals surface area (Å²) in [7, 11) is 0. The van der Waals surface area contributed by atoms with E-state index in [0.717, 1.165) is 33.5 Å². The lowest BCUT2D eigenvalue weighted by molar-refractivity contribution is -0.121. The molecule has 0 amide bonds. The standard InChI is InChI=1S/C27H22N2O3/c30-23(17-24(31)13-11-21-18-29-27-7-2-1-6-26(21)27)12-8-20-9-14-25(15-10-20)32-19-22-5-3-4-16-28-22/h1-16,18,29H,17,19H2/b12-8+,13-11+. The molecule has 5 nitrogen and oxygen atoms in total. The number of ether oxygens (including phenoxy) is 1. The summed E-state index contributed by atoms with van der Waals surface area (Å²) in [4.78, 5) is 31.7. The number of nitrogens with one attached hydrogen (secondary N) is 1. The number of carbonyl (C=O) groups is 2. The van der Waals surface area contributed by atoms with Gasteiger partial charge >= 0.3 is 0 Å². The highest BCUT2D eigenvalue weighted by Crippen LogP contribution is 2.19. The molecule has 0 radical (unpaired) electrons. The van der Waals surface area contributed by atoms with Crippen molar-refractivity contribution < 1.29 is 14.3 Å². The highest BCUT2D eigenvalue weighted by Gasteiger charge is 2.05. The number of nitrogens with zero attached hydrogens (tertiary/aromatic N) is 1. The second kappa shape index (κ2) is 10.2. The molecule has 4 rings (SSSR count). The van der Waals surface area contributed by atoms with Crippen LogP contribution in [0.2, 0.25) is 0 Å². The fourth-order valence-corrected chi connectivity index (χ4v) is 3.21. The number of allylic oxidation sites excluding steroid dienone is 2. The van der Waals surface area contributed by atoms with Gasteiger partial charge in [0.15, 0.2) is 11.6 Å². The lowest BCUT2D eigenvalue weighted by Crippen LogP contribution is -2.01.